The summed E-state index contributed by atoms with van der Waals surface area (Å²) >= 11 is 6.00. The fourth-order valence-corrected chi connectivity index (χ4v) is 2.15. The smallest absolute Gasteiger partial charge is 1.00 e. The molecular formula is C16H22ClNaO4. The van der Waals surface area contributed by atoms with E-state index in [1.54, 1.807) is 12.1 Å². The molecule has 4 nitrogen and oxygen atoms in total. The van der Waals surface area contributed by atoms with Gasteiger partial charge in [0.2, 0.25) is 0 Å². The summed E-state index contributed by atoms with van der Waals surface area (Å²) in [6.45, 7) is 2.14. The molecule has 1 atom stereocenters. The molecule has 118 valence electrons. The van der Waals surface area contributed by atoms with Crippen molar-refractivity contribution in [2.45, 2.75) is 50.8 Å². The first-order valence-electron chi connectivity index (χ1n) is 7.24. The molecule has 0 saturated heterocycles. The predicted molar refractivity (Wildman–Crippen MR) is 83.2 cm³/mol. The van der Waals surface area contributed by atoms with E-state index in [1.807, 2.05) is 0 Å². The molecule has 1 unspecified atom stereocenters. The molecule has 0 amide bonds. The average Bonchev–Trinajstić information content (AvgIpc) is 2.47. The van der Waals surface area contributed by atoms with Gasteiger partial charge in [0.1, 0.15) is 16.7 Å². The summed E-state index contributed by atoms with van der Waals surface area (Å²) in [7, 11) is 0. The Kier molecular flexibility index (Phi) is 11.6. The number of benzene rings is 1. The summed E-state index contributed by atoms with van der Waals surface area (Å²) in [5.41, 5.74) is -0.0438. The monoisotopic (exact) mass is 336 g/mol. The molecule has 0 aliphatic carbocycles. The number of rotatable bonds is 9. The van der Waals surface area contributed by atoms with Crippen molar-refractivity contribution in [1.82, 2.24) is 0 Å². The molecule has 0 heterocycles. The number of esters is 1. The quantitative estimate of drug-likeness (QED) is 0.243. The minimum absolute atomic E-state index is 0. The number of hydrogen-bond acceptors (Lipinski definition) is 3. The van der Waals surface area contributed by atoms with Crippen molar-refractivity contribution in [1.29, 1.82) is 0 Å². The Bertz CT molecular complexity index is 485. The van der Waals surface area contributed by atoms with Gasteiger partial charge in [-0.3, -0.25) is 4.79 Å². The van der Waals surface area contributed by atoms with Crippen molar-refractivity contribution in [2.24, 2.45) is 0 Å². The maximum Gasteiger partial charge on any atom is 1.00 e. The van der Waals surface area contributed by atoms with Crippen LogP contribution in [0.1, 0.15) is 57.2 Å². The van der Waals surface area contributed by atoms with Gasteiger partial charge in [-0.25, -0.2) is 4.79 Å². The first kappa shape index (κ1) is 21.4. The zero-order valence-corrected chi connectivity index (χ0v) is 15.9. The molecule has 0 fully saturated rings. The van der Waals surface area contributed by atoms with Crippen LogP contribution < -0.4 is 34.3 Å². The van der Waals surface area contributed by atoms with E-state index in [-0.39, 0.29) is 42.3 Å². The van der Waals surface area contributed by atoms with Crippen LogP contribution in [0.25, 0.3) is 0 Å². The van der Waals surface area contributed by atoms with Crippen molar-refractivity contribution in [3.05, 3.63) is 29.8 Å². The number of aromatic carboxylic acids is 1. The third-order valence-electron chi connectivity index (χ3n) is 3.14. The molecule has 0 aromatic heterocycles. The van der Waals surface area contributed by atoms with Crippen LogP contribution in [0.3, 0.4) is 0 Å². The van der Waals surface area contributed by atoms with E-state index in [2.05, 4.69) is 6.92 Å². The number of halogens is 1. The summed E-state index contributed by atoms with van der Waals surface area (Å²) in [6.07, 6.45) is 5.93. The second kappa shape index (κ2) is 11.9. The van der Waals surface area contributed by atoms with Crippen LogP contribution in [-0.2, 0) is 4.79 Å². The molecule has 1 aromatic carbocycles. The molecule has 0 radical (unpaired) electrons. The molecule has 0 spiro atoms. The van der Waals surface area contributed by atoms with Crippen molar-refractivity contribution >= 4 is 23.5 Å². The van der Waals surface area contributed by atoms with E-state index in [1.165, 1.54) is 18.6 Å². The fourth-order valence-electron chi connectivity index (χ4n) is 1.95. The molecule has 22 heavy (non-hydrogen) atoms. The van der Waals surface area contributed by atoms with Gasteiger partial charge in [0.25, 0.3) is 0 Å². The maximum absolute atomic E-state index is 11.9. The zero-order chi connectivity index (χ0) is 15.7. The molecule has 0 bridgehead atoms. The fraction of sp³-hybridized carbons (Fsp3) is 0.500. The second-order valence-corrected chi connectivity index (χ2v) is 5.42. The summed E-state index contributed by atoms with van der Waals surface area (Å²) in [6, 6.07) is 6.03. The van der Waals surface area contributed by atoms with E-state index in [0.717, 1.165) is 25.7 Å². The van der Waals surface area contributed by atoms with Crippen LogP contribution in [0.5, 0.6) is 5.75 Å². The number of carboxylic acid groups (broad SMARTS) is 1. The first-order valence-corrected chi connectivity index (χ1v) is 7.68. The van der Waals surface area contributed by atoms with Crippen LogP contribution in [0.2, 0.25) is 0 Å². The SMILES string of the molecule is CCCCCCCC(Cl)C(=O)Oc1ccccc1C(=O)O.[H-].[Na+]. The number of carboxylic acids is 1. The summed E-state index contributed by atoms with van der Waals surface area (Å²) < 4.78 is 5.10. The number of alkyl halides is 1. The maximum atomic E-state index is 11.9. The second-order valence-electron chi connectivity index (χ2n) is 4.89. The number of ether oxygens (including phenoxy) is 1. The van der Waals surface area contributed by atoms with Crippen LogP contribution in [0, 0.1) is 0 Å². The summed E-state index contributed by atoms with van der Waals surface area (Å²) in [5, 5.41) is 8.27. The van der Waals surface area contributed by atoms with Gasteiger partial charge >= 0.3 is 41.5 Å². The number of carbonyl (C=O) groups is 2. The summed E-state index contributed by atoms with van der Waals surface area (Å²) in [5.74, 6) is -1.70. The Morgan fingerprint density at radius 1 is 1.23 bits per heavy atom. The van der Waals surface area contributed by atoms with Gasteiger partial charge in [0.05, 0.1) is 0 Å². The number of unbranched alkanes of at least 4 members (excludes halogenated alkanes) is 4. The third kappa shape index (κ3) is 7.63. The molecular weight excluding hydrogens is 315 g/mol. The Morgan fingerprint density at radius 3 is 2.50 bits per heavy atom. The van der Waals surface area contributed by atoms with Crippen LogP contribution in [0.15, 0.2) is 24.3 Å². The van der Waals surface area contributed by atoms with Gasteiger partial charge in [-0.2, -0.15) is 0 Å². The summed E-state index contributed by atoms with van der Waals surface area (Å²) in [4.78, 5) is 22.9. The van der Waals surface area contributed by atoms with Crippen LogP contribution in [-0.4, -0.2) is 22.4 Å². The molecule has 0 aliphatic rings. The van der Waals surface area contributed by atoms with Gasteiger partial charge in [-0.15, -0.1) is 11.6 Å². The molecule has 1 aromatic rings. The van der Waals surface area contributed by atoms with Gasteiger partial charge < -0.3 is 11.3 Å². The van der Waals surface area contributed by atoms with Crippen molar-refractivity contribution < 1.29 is 50.4 Å². The Balaban J connectivity index is 0. The zero-order valence-electron chi connectivity index (χ0n) is 14.2. The van der Waals surface area contributed by atoms with Crippen LogP contribution >= 0.6 is 11.6 Å². The third-order valence-corrected chi connectivity index (χ3v) is 3.54. The Morgan fingerprint density at radius 2 is 1.86 bits per heavy atom. The minimum atomic E-state index is -1.14. The molecule has 0 aliphatic heterocycles. The van der Waals surface area contributed by atoms with Gasteiger partial charge in [0, 0.05) is 0 Å². The van der Waals surface area contributed by atoms with Crippen molar-refractivity contribution in [3.63, 3.8) is 0 Å². The van der Waals surface area contributed by atoms with E-state index in [0.29, 0.717) is 6.42 Å². The molecule has 1 rings (SSSR count). The van der Waals surface area contributed by atoms with E-state index in [9.17, 15) is 9.59 Å². The number of hydrogen-bond donors (Lipinski definition) is 1. The van der Waals surface area contributed by atoms with Gasteiger partial charge in [-0.05, 0) is 18.6 Å². The van der Waals surface area contributed by atoms with Crippen molar-refractivity contribution in [3.8, 4) is 5.75 Å². The van der Waals surface area contributed by atoms with E-state index in [4.69, 9.17) is 21.4 Å². The molecule has 0 saturated carbocycles. The van der Waals surface area contributed by atoms with E-state index >= 15 is 0 Å². The number of para-hydroxylation sites is 1. The topological polar surface area (TPSA) is 63.6 Å². The van der Waals surface area contributed by atoms with Crippen LogP contribution in [0.4, 0.5) is 0 Å². The Labute approximate surface area is 160 Å². The van der Waals surface area contributed by atoms with E-state index < -0.39 is 17.3 Å². The van der Waals surface area contributed by atoms with Crippen molar-refractivity contribution in [2.75, 3.05) is 0 Å². The molecule has 1 N–H and O–H groups in total. The molecule has 6 heteroatoms. The first-order chi connectivity index (χ1) is 10.1. The van der Waals surface area contributed by atoms with Gasteiger partial charge in [0.15, 0.2) is 0 Å². The Hall–Kier alpha value is -0.550. The average molecular weight is 337 g/mol. The largest absolute Gasteiger partial charge is 1.00 e. The minimum Gasteiger partial charge on any atom is -1.00 e. The predicted octanol–water partition coefficient (Wildman–Crippen LogP) is 1.37. The normalized spacial score (nSPS) is 11.4. The number of carbonyl (C=O) groups excluding carboxylic acids is 1. The standard InChI is InChI=1S/C16H21ClO4.Na.H/c1-2-3-4-5-6-10-13(17)16(20)21-14-11-8-7-9-12(14)15(18)19;;/h7-9,11,13H,2-6,10H2,1H3,(H,18,19);;/q;+1;-1. The van der Waals surface area contributed by atoms with Gasteiger partial charge in [-0.1, -0.05) is 51.2 Å².